The Bertz CT molecular complexity index is 497. The maximum atomic E-state index is 5.79. The maximum absolute atomic E-state index is 5.79. The van der Waals surface area contributed by atoms with Crippen LogP contribution in [-0.2, 0) is 6.54 Å². The number of hydrogen-bond donors (Lipinski definition) is 1. The molecule has 0 saturated carbocycles. The summed E-state index contributed by atoms with van der Waals surface area (Å²) in [6, 6.07) is 0. The van der Waals surface area contributed by atoms with Crippen molar-refractivity contribution in [2.75, 3.05) is 5.73 Å². The van der Waals surface area contributed by atoms with E-state index in [-0.39, 0.29) is 0 Å². The van der Waals surface area contributed by atoms with E-state index in [4.69, 9.17) is 5.73 Å². The Morgan fingerprint density at radius 3 is 2.81 bits per heavy atom. The van der Waals surface area contributed by atoms with Crippen LogP contribution in [0.1, 0.15) is 12.6 Å². The molecule has 0 radical (unpaired) electrons. The predicted octanol–water partition coefficient (Wildman–Crippen LogP) is 2.01. The minimum atomic E-state index is 0.450. The van der Waals surface area contributed by atoms with E-state index in [1.54, 1.807) is 12.5 Å². The molecule has 0 unspecified atom stereocenters. The predicted molar refractivity (Wildman–Crippen MR) is 65.8 cm³/mol. The van der Waals surface area contributed by atoms with Crippen LogP contribution >= 0.6 is 15.9 Å². The number of halogens is 1. The van der Waals surface area contributed by atoms with Crippen molar-refractivity contribution in [3.8, 4) is 11.5 Å². The third-order valence-corrected chi connectivity index (χ3v) is 3.30. The second kappa shape index (κ2) is 4.21. The molecule has 2 N–H and O–H groups in total. The van der Waals surface area contributed by atoms with Gasteiger partial charge in [-0.3, -0.25) is 0 Å². The van der Waals surface area contributed by atoms with Crippen molar-refractivity contribution in [3.05, 3.63) is 22.7 Å². The van der Waals surface area contributed by atoms with Gasteiger partial charge in [-0.1, -0.05) is 0 Å². The normalized spacial score (nSPS) is 10.7. The van der Waals surface area contributed by atoms with Gasteiger partial charge in [0.15, 0.2) is 5.82 Å². The molecule has 0 spiro atoms. The van der Waals surface area contributed by atoms with Gasteiger partial charge in [0.2, 0.25) is 0 Å². The summed E-state index contributed by atoms with van der Waals surface area (Å²) in [6.45, 7) is 4.76. The van der Waals surface area contributed by atoms with Crippen LogP contribution in [0.5, 0.6) is 0 Å². The van der Waals surface area contributed by atoms with Crippen molar-refractivity contribution in [1.29, 1.82) is 0 Å². The number of anilines is 1. The summed E-state index contributed by atoms with van der Waals surface area (Å²) < 4.78 is 2.72. The van der Waals surface area contributed by atoms with Crippen LogP contribution in [0, 0.1) is 6.92 Å². The van der Waals surface area contributed by atoms with Gasteiger partial charge in [0.05, 0.1) is 22.7 Å². The summed E-state index contributed by atoms with van der Waals surface area (Å²) in [5, 5.41) is 0. The first-order valence-electron chi connectivity index (χ1n) is 4.93. The maximum Gasteiger partial charge on any atom is 0.180 e. The van der Waals surface area contributed by atoms with Crippen molar-refractivity contribution in [2.24, 2.45) is 0 Å². The number of hydrogen-bond acceptors (Lipinski definition) is 4. The number of nitrogens with two attached hydrogens (primary N) is 1. The second-order valence-corrected chi connectivity index (χ2v) is 4.19. The summed E-state index contributed by atoms with van der Waals surface area (Å²) >= 11 is 3.34. The van der Waals surface area contributed by atoms with Crippen LogP contribution < -0.4 is 5.73 Å². The highest BCUT2D eigenvalue weighted by molar-refractivity contribution is 9.10. The standard InChI is InChI=1S/C10H12BrN5/c1-3-16-5-13-4-7(16)10-14-6(2)8(11)9(12)15-10/h4-5H,3H2,1-2H3,(H2,12,14,15). The van der Waals surface area contributed by atoms with Crippen LogP contribution in [0.4, 0.5) is 5.82 Å². The highest BCUT2D eigenvalue weighted by atomic mass is 79.9. The molecule has 0 aliphatic carbocycles. The molecule has 0 fully saturated rings. The van der Waals surface area contributed by atoms with Crippen molar-refractivity contribution in [1.82, 2.24) is 19.5 Å². The molecule has 2 aromatic heterocycles. The monoisotopic (exact) mass is 281 g/mol. The number of aromatic nitrogens is 4. The molecule has 2 rings (SSSR count). The van der Waals surface area contributed by atoms with Gasteiger partial charge in [-0.25, -0.2) is 15.0 Å². The molecule has 0 aliphatic heterocycles. The zero-order chi connectivity index (χ0) is 11.7. The van der Waals surface area contributed by atoms with E-state index in [2.05, 4.69) is 30.9 Å². The number of nitrogen functional groups attached to an aromatic ring is 1. The smallest absolute Gasteiger partial charge is 0.180 e. The Kier molecular flexibility index (Phi) is 2.91. The minimum Gasteiger partial charge on any atom is -0.383 e. The molecule has 5 nitrogen and oxygen atoms in total. The van der Waals surface area contributed by atoms with Crippen LogP contribution in [0.15, 0.2) is 17.0 Å². The van der Waals surface area contributed by atoms with E-state index in [1.807, 2.05) is 18.4 Å². The van der Waals surface area contributed by atoms with Gasteiger partial charge in [-0.2, -0.15) is 0 Å². The van der Waals surface area contributed by atoms with E-state index >= 15 is 0 Å². The van der Waals surface area contributed by atoms with Crippen molar-refractivity contribution in [3.63, 3.8) is 0 Å². The first-order chi connectivity index (χ1) is 7.63. The zero-order valence-electron chi connectivity index (χ0n) is 9.11. The fraction of sp³-hybridized carbons (Fsp3) is 0.300. The zero-order valence-corrected chi connectivity index (χ0v) is 10.7. The third-order valence-electron chi connectivity index (χ3n) is 2.32. The van der Waals surface area contributed by atoms with E-state index in [9.17, 15) is 0 Å². The molecular weight excluding hydrogens is 270 g/mol. The second-order valence-electron chi connectivity index (χ2n) is 3.40. The van der Waals surface area contributed by atoms with Gasteiger partial charge in [0, 0.05) is 6.54 Å². The Morgan fingerprint density at radius 2 is 2.19 bits per heavy atom. The van der Waals surface area contributed by atoms with Gasteiger partial charge < -0.3 is 10.3 Å². The SMILES string of the molecule is CCn1cncc1-c1nc(C)c(Br)c(N)n1. The molecule has 0 atom stereocenters. The van der Waals surface area contributed by atoms with Gasteiger partial charge in [0.25, 0.3) is 0 Å². The quantitative estimate of drug-likeness (QED) is 0.914. The largest absolute Gasteiger partial charge is 0.383 e. The summed E-state index contributed by atoms with van der Waals surface area (Å²) in [5.74, 6) is 1.06. The summed E-state index contributed by atoms with van der Waals surface area (Å²) in [5.41, 5.74) is 7.50. The van der Waals surface area contributed by atoms with E-state index < -0.39 is 0 Å². The summed E-state index contributed by atoms with van der Waals surface area (Å²) in [4.78, 5) is 12.7. The van der Waals surface area contributed by atoms with Crippen molar-refractivity contribution >= 4 is 21.7 Å². The van der Waals surface area contributed by atoms with Crippen LogP contribution in [-0.4, -0.2) is 19.5 Å². The van der Waals surface area contributed by atoms with Gasteiger partial charge in [0.1, 0.15) is 11.5 Å². The lowest BCUT2D eigenvalue weighted by atomic mass is 10.3. The summed E-state index contributed by atoms with van der Waals surface area (Å²) in [6.07, 6.45) is 3.50. The Labute approximate surface area is 102 Å². The molecule has 0 bridgehead atoms. The molecule has 84 valence electrons. The number of nitrogens with zero attached hydrogens (tertiary/aromatic N) is 4. The molecule has 2 heterocycles. The molecule has 0 aromatic carbocycles. The molecular formula is C10H12BrN5. The first kappa shape index (κ1) is 11.1. The fourth-order valence-corrected chi connectivity index (χ4v) is 1.63. The molecule has 2 aromatic rings. The number of aryl methyl sites for hydroxylation is 2. The Balaban J connectivity index is 2.57. The van der Waals surface area contributed by atoms with Crippen molar-refractivity contribution in [2.45, 2.75) is 20.4 Å². The molecule has 16 heavy (non-hydrogen) atoms. The molecule has 0 aliphatic rings. The Morgan fingerprint density at radius 1 is 1.44 bits per heavy atom. The average molecular weight is 282 g/mol. The highest BCUT2D eigenvalue weighted by Crippen LogP contribution is 2.24. The third kappa shape index (κ3) is 1.80. The van der Waals surface area contributed by atoms with Gasteiger partial charge >= 0.3 is 0 Å². The Hall–Kier alpha value is -1.43. The lowest BCUT2D eigenvalue weighted by Crippen LogP contribution is -2.03. The van der Waals surface area contributed by atoms with Gasteiger partial charge in [-0.15, -0.1) is 0 Å². The van der Waals surface area contributed by atoms with Crippen molar-refractivity contribution < 1.29 is 0 Å². The topological polar surface area (TPSA) is 69.6 Å². The molecule has 0 amide bonds. The van der Waals surface area contributed by atoms with Crippen LogP contribution in [0.3, 0.4) is 0 Å². The minimum absolute atomic E-state index is 0.450. The van der Waals surface area contributed by atoms with Gasteiger partial charge in [-0.05, 0) is 29.8 Å². The average Bonchev–Trinajstić information content (AvgIpc) is 2.73. The van der Waals surface area contributed by atoms with Crippen LogP contribution in [0.25, 0.3) is 11.5 Å². The van der Waals surface area contributed by atoms with E-state index in [0.717, 1.165) is 22.4 Å². The lowest BCUT2D eigenvalue weighted by Gasteiger charge is -2.07. The van der Waals surface area contributed by atoms with E-state index in [0.29, 0.717) is 11.6 Å². The number of rotatable bonds is 2. The molecule has 0 saturated heterocycles. The summed E-state index contributed by atoms with van der Waals surface area (Å²) in [7, 11) is 0. The first-order valence-corrected chi connectivity index (χ1v) is 5.73. The van der Waals surface area contributed by atoms with Crippen LogP contribution in [0.2, 0.25) is 0 Å². The number of imidazole rings is 1. The fourth-order valence-electron chi connectivity index (χ4n) is 1.45. The highest BCUT2D eigenvalue weighted by Gasteiger charge is 2.11. The molecule has 6 heteroatoms. The lowest BCUT2D eigenvalue weighted by molar-refractivity contribution is 0.763. The van der Waals surface area contributed by atoms with E-state index in [1.165, 1.54) is 0 Å².